The van der Waals surface area contributed by atoms with Crippen molar-refractivity contribution in [3.63, 3.8) is 0 Å². The van der Waals surface area contributed by atoms with Gasteiger partial charge in [-0.2, -0.15) is 0 Å². The van der Waals surface area contributed by atoms with E-state index in [-0.39, 0.29) is 18.5 Å². The molecule has 0 spiro atoms. The Morgan fingerprint density at radius 1 is 0.367 bits per heavy atom. The molecule has 1 saturated heterocycles. The number of allylic oxidation sites excluding steroid dienone is 3. The molecule has 1 aliphatic heterocycles. The maximum absolute atomic E-state index is 13.1. The number of aliphatic hydroxyl groups is 5. The first-order valence-electron chi connectivity index (χ1n) is 43.6. The molecule has 1 heterocycles. The van der Waals surface area contributed by atoms with Gasteiger partial charge in [-0.05, 0) is 57.8 Å². The van der Waals surface area contributed by atoms with Crippen LogP contribution in [0.5, 0.6) is 0 Å². The van der Waals surface area contributed by atoms with Crippen LogP contribution in [0.1, 0.15) is 457 Å². The zero-order chi connectivity index (χ0) is 70.8. The van der Waals surface area contributed by atoms with Crippen LogP contribution in [0.3, 0.4) is 0 Å². The maximum Gasteiger partial charge on any atom is 0.305 e. The largest absolute Gasteiger partial charge is 0.466 e. The molecule has 0 radical (unpaired) electrons. The molecule has 0 bridgehead atoms. The van der Waals surface area contributed by atoms with Crippen molar-refractivity contribution >= 4 is 11.9 Å². The molecule has 98 heavy (non-hydrogen) atoms. The Balaban J connectivity index is 1.83. The molecule has 580 valence electrons. The molecule has 1 aliphatic rings. The number of ether oxygens (including phenoxy) is 3. The van der Waals surface area contributed by atoms with E-state index in [2.05, 4.69) is 31.3 Å². The minimum atomic E-state index is -1.57. The van der Waals surface area contributed by atoms with Crippen molar-refractivity contribution in [1.29, 1.82) is 0 Å². The molecule has 0 aromatic rings. The Morgan fingerprint density at radius 3 is 0.980 bits per heavy atom. The summed E-state index contributed by atoms with van der Waals surface area (Å²) < 4.78 is 16.8. The van der Waals surface area contributed by atoms with Gasteiger partial charge < -0.3 is 45.1 Å². The summed E-state index contributed by atoms with van der Waals surface area (Å²) in [5.41, 5.74) is 0. The number of aliphatic hydroxyl groups excluding tert-OH is 5. The van der Waals surface area contributed by atoms with Crippen LogP contribution in [0.4, 0.5) is 0 Å². The highest BCUT2D eigenvalue weighted by molar-refractivity contribution is 5.76. The first-order chi connectivity index (χ1) is 48.2. The van der Waals surface area contributed by atoms with E-state index in [0.717, 1.165) is 51.4 Å². The number of hydrogen-bond donors (Lipinski definition) is 6. The molecular weight excluding hydrogens is 1220 g/mol. The monoisotopic (exact) mass is 1390 g/mol. The second-order valence-corrected chi connectivity index (χ2v) is 30.6. The molecule has 6 N–H and O–H groups in total. The Labute approximate surface area is 607 Å². The van der Waals surface area contributed by atoms with Gasteiger partial charge in [0.2, 0.25) is 5.91 Å². The fourth-order valence-corrected chi connectivity index (χ4v) is 14.3. The lowest BCUT2D eigenvalue weighted by Gasteiger charge is -2.40. The summed E-state index contributed by atoms with van der Waals surface area (Å²) in [6.45, 7) is 4.40. The summed E-state index contributed by atoms with van der Waals surface area (Å²) in [5, 5.41) is 54.6. The lowest BCUT2D eigenvalue weighted by molar-refractivity contribution is -0.302. The molecule has 1 fully saturated rings. The average Bonchev–Trinajstić information content (AvgIpc) is 0.832. The fourth-order valence-electron chi connectivity index (χ4n) is 14.3. The number of esters is 1. The molecule has 1 rings (SSSR count). The molecule has 0 aliphatic carbocycles. The number of unbranched alkanes of at least 4 members (excludes halogenated alkanes) is 63. The smallest absolute Gasteiger partial charge is 0.305 e. The normalized spacial score (nSPS) is 17.2. The minimum Gasteiger partial charge on any atom is -0.466 e. The van der Waals surface area contributed by atoms with E-state index in [1.807, 2.05) is 6.08 Å². The lowest BCUT2D eigenvalue weighted by Crippen LogP contribution is -2.60. The third-order valence-corrected chi connectivity index (χ3v) is 21.1. The average molecular weight is 1390 g/mol. The van der Waals surface area contributed by atoms with Crippen molar-refractivity contribution < 1.29 is 49.3 Å². The Morgan fingerprint density at radius 2 is 0.653 bits per heavy atom. The van der Waals surface area contributed by atoms with Crippen LogP contribution in [0.2, 0.25) is 0 Å². The summed E-state index contributed by atoms with van der Waals surface area (Å²) in [6.07, 6.45) is 89.6. The van der Waals surface area contributed by atoms with Crippen molar-refractivity contribution in [1.82, 2.24) is 5.32 Å². The Hall–Kier alpha value is -1.86. The van der Waals surface area contributed by atoms with Crippen LogP contribution >= 0.6 is 0 Å². The predicted molar refractivity (Wildman–Crippen MR) is 417 cm³/mol. The van der Waals surface area contributed by atoms with E-state index in [4.69, 9.17) is 14.2 Å². The second kappa shape index (κ2) is 76.3. The van der Waals surface area contributed by atoms with Crippen LogP contribution in [0, 0.1) is 0 Å². The van der Waals surface area contributed by atoms with Gasteiger partial charge >= 0.3 is 5.97 Å². The van der Waals surface area contributed by atoms with Gasteiger partial charge in [0.05, 0.1) is 32.0 Å². The standard InChI is InChI=1S/C87H167NO10/c1-3-5-7-9-11-13-15-17-18-19-41-45-48-51-55-59-63-67-71-75-83(92)96-76-72-68-64-60-56-52-49-46-43-40-38-36-34-32-30-28-26-24-22-20-21-23-25-27-29-31-33-35-37-39-42-44-47-50-54-58-62-66-70-74-82(91)88-79(78-97-87-86(95)85(94)84(93)81(77-89)98-87)80(90)73-69-65-61-57-53-16-14-12-10-8-6-4-2/h17-18,69,73,79-81,84-87,89-90,93-95H,3-16,19-68,70-72,74-78H2,1-2H3,(H,88,91)/b18-17-,73-69+. The number of carbonyl (C=O) groups is 2. The van der Waals surface area contributed by atoms with Crippen molar-refractivity contribution in [3.05, 3.63) is 24.3 Å². The van der Waals surface area contributed by atoms with Crippen molar-refractivity contribution in [2.45, 2.75) is 500 Å². The van der Waals surface area contributed by atoms with Gasteiger partial charge in [0.1, 0.15) is 24.4 Å². The maximum atomic E-state index is 13.1. The molecule has 11 nitrogen and oxygen atoms in total. The van der Waals surface area contributed by atoms with E-state index < -0.39 is 49.5 Å². The van der Waals surface area contributed by atoms with Gasteiger partial charge in [-0.25, -0.2) is 0 Å². The van der Waals surface area contributed by atoms with E-state index in [0.29, 0.717) is 19.4 Å². The van der Waals surface area contributed by atoms with Gasteiger partial charge in [0.15, 0.2) is 6.29 Å². The zero-order valence-corrected chi connectivity index (χ0v) is 65.0. The second-order valence-electron chi connectivity index (χ2n) is 30.6. The van der Waals surface area contributed by atoms with E-state index in [1.54, 1.807) is 6.08 Å². The molecular formula is C87H167NO10. The van der Waals surface area contributed by atoms with Crippen LogP contribution in [-0.2, 0) is 23.8 Å². The van der Waals surface area contributed by atoms with Crippen LogP contribution < -0.4 is 5.32 Å². The van der Waals surface area contributed by atoms with Gasteiger partial charge in [-0.15, -0.1) is 0 Å². The van der Waals surface area contributed by atoms with E-state index in [1.165, 1.54) is 379 Å². The SMILES string of the molecule is CCCCCCCC/C=C\CCCCCCCCCCCC(=O)OCCCCCCCCCCCCCCCCCCCCCCCCCCCCCCCCCCCCCCCCCC(=O)NC(COC1OC(CO)C(O)C(O)C1O)C(O)/C=C/CCCCCCCCCCCC. The number of rotatable bonds is 79. The number of carbonyl (C=O) groups excluding carboxylic acids is 2. The van der Waals surface area contributed by atoms with E-state index in [9.17, 15) is 35.1 Å². The molecule has 11 heteroatoms. The topological polar surface area (TPSA) is 175 Å². The molecule has 7 atom stereocenters. The zero-order valence-electron chi connectivity index (χ0n) is 65.0. The molecule has 0 aromatic heterocycles. The third-order valence-electron chi connectivity index (χ3n) is 21.1. The quantitative estimate of drug-likeness (QED) is 0.0195. The predicted octanol–water partition coefficient (Wildman–Crippen LogP) is 24.3. The van der Waals surface area contributed by atoms with Crippen molar-refractivity contribution in [2.75, 3.05) is 19.8 Å². The van der Waals surface area contributed by atoms with Crippen molar-refractivity contribution in [3.8, 4) is 0 Å². The Kier molecular flexibility index (Phi) is 73.3. The highest BCUT2D eigenvalue weighted by Crippen LogP contribution is 2.24. The highest BCUT2D eigenvalue weighted by Gasteiger charge is 2.44. The van der Waals surface area contributed by atoms with Gasteiger partial charge in [0.25, 0.3) is 0 Å². The summed E-state index contributed by atoms with van der Waals surface area (Å²) in [6, 6.07) is -0.805. The first kappa shape index (κ1) is 94.2. The molecule has 0 aromatic carbocycles. The fraction of sp³-hybridized carbons (Fsp3) is 0.931. The third kappa shape index (κ3) is 63.8. The number of hydrogen-bond acceptors (Lipinski definition) is 10. The summed E-state index contributed by atoms with van der Waals surface area (Å²) in [7, 11) is 0. The number of amides is 1. The van der Waals surface area contributed by atoms with Gasteiger partial charge in [-0.3, -0.25) is 9.59 Å². The van der Waals surface area contributed by atoms with Crippen molar-refractivity contribution in [2.24, 2.45) is 0 Å². The molecule has 0 saturated carbocycles. The highest BCUT2D eigenvalue weighted by atomic mass is 16.7. The van der Waals surface area contributed by atoms with Gasteiger partial charge in [0, 0.05) is 12.8 Å². The lowest BCUT2D eigenvalue weighted by atomic mass is 9.99. The van der Waals surface area contributed by atoms with Crippen LogP contribution in [-0.4, -0.2) is 100 Å². The summed E-state index contributed by atoms with van der Waals surface area (Å²) in [5.74, 6) is -0.154. The first-order valence-corrected chi connectivity index (χ1v) is 43.6. The number of nitrogens with one attached hydrogen (secondary N) is 1. The van der Waals surface area contributed by atoms with E-state index >= 15 is 0 Å². The minimum absolute atomic E-state index is 0.0191. The molecule has 1 amide bonds. The molecule has 7 unspecified atom stereocenters. The summed E-state index contributed by atoms with van der Waals surface area (Å²) >= 11 is 0. The summed E-state index contributed by atoms with van der Waals surface area (Å²) in [4.78, 5) is 25.2. The van der Waals surface area contributed by atoms with Crippen LogP contribution in [0.15, 0.2) is 24.3 Å². The van der Waals surface area contributed by atoms with Gasteiger partial charge in [-0.1, -0.05) is 411 Å². The van der Waals surface area contributed by atoms with Crippen LogP contribution in [0.25, 0.3) is 0 Å². The Bertz CT molecular complexity index is 1680.